The molecule has 0 fully saturated rings. The molecule has 0 aliphatic heterocycles. The number of halogens is 1. The first-order valence-corrected chi connectivity index (χ1v) is 8.86. The number of hydrogen-bond acceptors (Lipinski definition) is 4. The van der Waals surface area contributed by atoms with Crippen molar-refractivity contribution in [3.05, 3.63) is 45.9 Å². The summed E-state index contributed by atoms with van der Waals surface area (Å²) in [5.74, 6) is -0.467. The zero-order chi connectivity index (χ0) is 15.5. The van der Waals surface area contributed by atoms with Gasteiger partial charge in [-0.15, -0.1) is 11.3 Å². The van der Waals surface area contributed by atoms with E-state index in [1.807, 2.05) is 6.92 Å². The number of hydrogen-bond donors (Lipinski definition) is 2. The molecule has 1 aromatic carbocycles. The zero-order valence-corrected chi connectivity index (χ0v) is 13.4. The Morgan fingerprint density at radius 3 is 2.71 bits per heavy atom. The summed E-state index contributed by atoms with van der Waals surface area (Å²) in [5.41, 5.74) is 0.888. The third-order valence-corrected chi connectivity index (χ3v) is 5.34. The maximum Gasteiger partial charge on any atom is 0.263 e. The summed E-state index contributed by atoms with van der Waals surface area (Å²) >= 11 is 1.38. The number of thiophene rings is 1. The summed E-state index contributed by atoms with van der Waals surface area (Å²) in [7, 11) is -3.71. The number of nitrogens with one attached hydrogen (secondary N) is 2. The van der Waals surface area contributed by atoms with Gasteiger partial charge in [-0.1, -0.05) is 6.92 Å². The molecule has 0 aliphatic rings. The number of anilines is 1. The maximum atomic E-state index is 13.3. The SMILES string of the molecule is CCNCc1sccc1S(=O)(=O)Nc1cc(C)cc(F)c1. The summed E-state index contributed by atoms with van der Waals surface area (Å²) in [5, 5.41) is 4.84. The minimum absolute atomic E-state index is 0.230. The van der Waals surface area contributed by atoms with Crippen molar-refractivity contribution in [2.45, 2.75) is 25.3 Å². The van der Waals surface area contributed by atoms with Gasteiger partial charge in [0.15, 0.2) is 0 Å². The summed E-state index contributed by atoms with van der Waals surface area (Å²) < 4.78 is 40.6. The Bertz CT molecular complexity index is 706. The van der Waals surface area contributed by atoms with E-state index in [9.17, 15) is 12.8 Å². The van der Waals surface area contributed by atoms with E-state index in [-0.39, 0.29) is 10.6 Å². The molecule has 0 bridgehead atoms. The predicted molar refractivity (Wildman–Crippen MR) is 83.6 cm³/mol. The molecule has 1 heterocycles. The van der Waals surface area contributed by atoms with Crippen LogP contribution in [0.15, 0.2) is 34.5 Å². The third-order valence-electron chi connectivity index (χ3n) is 2.82. The number of aryl methyl sites for hydroxylation is 1. The standard InChI is InChI=1S/C14H17FN2O2S2/c1-3-16-9-13-14(4-5-20-13)21(18,19)17-12-7-10(2)6-11(15)8-12/h4-8,16-17H,3,9H2,1-2H3. The van der Waals surface area contributed by atoms with Gasteiger partial charge in [0.25, 0.3) is 10.0 Å². The van der Waals surface area contributed by atoms with E-state index in [1.54, 1.807) is 24.4 Å². The van der Waals surface area contributed by atoms with Crippen LogP contribution in [0.5, 0.6) is 0 Å². The van der Waals surface area contributed by atoms with Crippen LogP contribution in [0.25, 0.3) is 0 Å². The number of benzene rings is 1. The van der Waals surface area contributed by atoms with Crippen molar-refractivity contribution in [1.29, 1.82) is 0 Å². The molecule has 21 heavy (non-hydrogen) atoms. The molecule has 2 N–H and O–H groups in total. The van der Waals surface area contributed by atoms with Gasteiger partial charge < -0.3 is 5.32 Å². The van der Waals surface area contributed by atoms with Gasteiger partial charge in [0, 0.05) is 11.4 Å². The van der Waals surface area contributed by atoms with Crippen molar-refractivity contribution >= 4 is 27.0 Å². The van der Waals surface area contributed by atoms with Crippen molar-refractivity contribution in [1.82, 2.24) is 5.32 Å². The van der Waals surface area contributed by atoms with Gasteiger partial charge in [-0.3, -0.25) is 4.72 Å². The molecule has 0 saturated heterocycles. The molecule has 114 valence electrons. The molecule has 0 amide bonds. The topological polar surface area (TPSA) is 58.2 Å². The lowest BCUT2D eigenvalue weighted by Crippen LogP contribution is -2.17. The quantitative estimate of drug-likeness (QED) is 0.856. The van der Waals surface area contributed by atoms with Crippen LogP contribution >= 0.6 is 11.3 Å². The van der Waals surface area contributed by atoms with Crippen LogP contribution in [0.4, 0.5) is 10.1 Å². The highest BCUT2D eigenvalue weighted by atomic mass is 32.2. The van der Waals surface area contributed by atoms with E-state index in [2.05, 4.69) is 10.0 Å². The Balaban J connectivity index is 2.28. The van der Waals surface area contributed by atoms with Gasteiger partial charge in [-0.25, -0.2) is 12.8 Å². The van der Waals surface area contributed by atoms with Crippen molar-refractivity contribution in [2.75, 3.05) is 11.3 Å². The number of sulfonamides is 1. The maximum absolute atomic E-state index is 13.3. The van der Waals surface area contributed by atoms with E-state index in [4.69, 9.17) is 0 Å². The molecule has 1 aromatic heterocycles. The molecule has 2 aromatic rings. The van der Waals surface area contributed by atoms with Crippen LogP contribution in [-0.4, -0.2) is 15.0 Å². The van der Waals surface area contributed by atoms with Crippen molar-refractivity contribution in [3.8, 4) is 0 Å². The van der Waals surface area contributed by atoms with Crippen LogP contribution in [-0.2, 0) is 16.6 Å². The van der Waals surface area contributed by atoms with Crippen LogP contribution < -0.4 is 10.0 Å². The highest BCUT2D eigenvalue weighted by molar-refractivity contribution is 7.93. The fraction of sp³-hybridized carbons (Fsp3) is 0.286. The van der Waals surface area contributed by atoms with Gasteiger partial charge in [-0.2, -0.15) is 0 Å². The smallest absolute Gasteiger partial charge is 0.263 e. The minimum Gasteiger partial charge on any atom is -0.312 e. The lowest BCUT2D eigenvalue weighted by molar-refractivity contribution is 0.599. The normalized spacial score (nSPS) is 11.6. The Kier molecular flexibility index (Phi) is 4.97. The lowest BCUT2D eigenvalue weighted by atomic mass is 10.2. The van der Waals surface area contributed by atoms with Gasteiger partial charge in [0.1, 0.15) is 10.7 Å². The van der Waals surface area contributed by atoms with Gasteiger partial charge in [0.05, 0.1) is 5.69 Å². The Labute approximate surface area is 128 Å². The van der Waals surface area contributed by atoms with Crippen molar-refractivity contribution < 1.29 is 12.8 Å². The molecule has 0 aliphatic carbocycles. The Morgan fingerprint density at radius 1 is 1.29 bits per heavy atom. The molecule has 0 saturated carbocycles. The minimum atomic E-state index is -3.71. The average Bonchev–Trinajstić information content (AvgIpc) is 2.83. The van der Waals surface area contributed by atoms with E-state index in [0.29, 0.717) is 12.1 Å². The fourth-order valence-electron chi connectivity index (χ4n) is 1.94. The van der Waals surface area contributed by atoms with Crippen LogP contribution in [0.3, 0.4) is 0 Å². The highest BCUT2D eigenvalue weighted by Crippen LogP contribution is 2.25. The summed E-state index contributed by atoms with van der Waals surface area (Å²) in [6.07, 6.45) is 0. The first-order chi connectivity index (χ1) is 9.92. The largest absolute Gasteiger partial charge is 0.312 e. The molecule has 0 spiro atoms. The van der Waals surface area contributed by atoms with Crippen molar-refractivity contribution in [3.63, 3.8) is 0 Å². The Morgan fingerprint density at radius 2 is 2.05 bits per heavy atom. The summed E-state index contributed by atoms with van der Waals surface area (Å²) in [4.78, 5) is 0.966. The molecule has 0 unspecified atom stereocenters. The molecule has 4 nitrogen and oxygen atoms in total. The monoisotopic (exact) mass is 328 g/mol. The fourth-order valence-corrected chi connectivity index (χ4v) is 4.40. The third kappa shape index (κ3) is 4.03. The lowest BCUT2D eigenvalue weighted by Gasteiger charge is -2.10. The molecule has 7 heteroatoms. The molecule has 2 rings (SSSR count). The first-order valence-electron chi connectivity index (χ1n) is 6.49. The predicted octanol–water partition coefficient (Wildman–Crippen LogP) is 3.11. The second kappa shape index (κ2) is 6.55. The van der Waals surface area contributed by atoms with Gasteiger partial charge in [0.2, 0.25) is 0 Å². The van der Waals surface area contributed by atoms with E-state index in [1.165, 1.54) is 23.5 Å². The second-order valence-electron chi connectivity index (χ2n) is 4.61. The molecule has 0 atom stereocenters. The highest BCUT2D eigenvalue weighted by Gasteiger charge is 2.20. The first kappa shape index (κ1) is 15.9. The number of rotatable bonds is 6. The molecular weight excluding hydrogens is 311 g/mol. The summed E-state index contributed by atoms with van der Waals surface area (Å²) in [6.45, 7) is 4.91. The van der Waals surface area contributed by atoms with E-state index >= 15 is 0 Å². The molecule has 0 radical (unpaired) electrons. The zero-order valence-electron chi connectivity index (χ0n) is 11.8. The average molecular weight is 328 g/mol. The summed E-state index contributed by atoms with van der Waals surface area (Å²) in [6, 6.07) is 5.67. The molecular formula is C14H17FN2O2S2. The van der Waals surface area contributed by atoms with Crippen molar-refractivity contribution in [2.24, 2.45) is 0 Å². The second-order valence-corrected chi connectivity index (χ2v) is 7.26. The Hall–Kier alpha value is -1.44. The van der Waals surface area contributed by atoms with Crippen LogP contribution in [0.2, 0.25) is 0 Å². The van der Waals surface area contributed by atoms with E-state index in [0.717, 1.165) is 11.4 Å². The van der Waals surface area contributed by atoms with Gasteiger partial charge >= 0.3 is 0 Å². The van der Waals surface area contributed by atoms with E-state index < -0.39 is 15.8 Å². The van der Waals surface area contributed by atoms with Gasteiger partial charge in [-0.05, 0) is 48.7 Å². The van der Waals surface area contributed by atoms with Crippen LogP contribution in [0.1, 0.15) is 17.4 Å². The van der Waals surface area contributed by atoms with Crippen LogP contribution in [0, 0.1) is 12.7 Å².